The van der Waals surface area contributed by atoms with Crippen LogP contribution in [-0.2, 0) is 14.3 Å². The monoisotopic (exact) mass is 432 g/mol. The van der Waals surface area contributed by atoms with Crippen molar-refractivity contribution >= 4 is 51.3 Å². The lowest BCUT2D eigenvalue weighted by molar-refractivity contribution is -0.119. The average Bonchev–Trinajstić information content (AvgIpc) is 3.36. The van der Waals surface area contributed by atoms with Gasteiger partial charge < -0.3 is 20.5 Å². The van der Waals surface area contributed by atoms with E-state index in [2.05, 4.69) is 15.3 Å². The maximum Gasteiger partial charge on any atom is 0.361 e. The van der Waals surface area contributed by atoms with E-state index in [9.17, 15) is 14.4 Å². The van der Waals surface area contributed by atoms with E-state index in [0.29, 0.717) is 10.6 Å². The molecule has 9 nitrogen and oxygen atoms in total. The van der Waals surface area contributed by atoms with Crippen molar-refractivity contribution in [3.8, 4) is 10.4 Å². The number of anilines is 2. The molecule has 0 aliphatic heterocycles. The largest absolute Gasteiger partial charge is 0.462 e. The van der Waals surface area contributed by atoms with E-state index in [1.54, 1.807) is 12.3 Å². The standard InChI is InChI=1S/C18H16N4O5S2/c1-2-26-17(24)13-10(11-4-3-7-28-11)9-29-16(13)22-12(23)8-27-18(25)14-15(19)21-6-5-20-14/h3-7,9H,2,8H2,1H3,(H2,19,21)(H,22,23). The minimum Gasteiger partial charge on any atom is -0.462 e. The van der Waals surface area contributed by atoms with Gasteiger partial charge in [-0.15, -0.1) is 22.7 Å². The first kappa shape index (κ1) is 20.4. The zero-order chi connectivity index (χ0) is 20.8. The maximum atomic E-state index is 12.4. The molecule has 0 aliphatic carbocycles. The number of nitrogens with two attached hydrogens (primary N) is 1. The van der Waals surface area contributed by atoms with Gasteiger partial charge in [-0.2, -0.15) is 0 Å². The second-order valence-corrected chi connectivity index (χ2v) is 7.29. The summed E-state index contributed by atoms with van der Waals surface area (Å²) in [4.78, 5) is 45.1. The lowest BCUT2D eigenvalue weighted by Crippen LogP contribution is -2.22. The number of nitrogen functional groups attached to an aromatic ring is 1. The number of aromatic nitrogens is 2. The Morgan fingerprint density at radius 3 is 2.62 bits per heavy atom. The van der Waals surface area contributed by atoms with E-state index in [0.717, 1.165) is 4.88 Å². The van der Waals surface area contributed by atoms with E-state index < -0.39 is 24.5 Å². The first-order chi connectivity index (χ1) is 14.0. The van der Waals surface area contributed by atoms with E-state index in [1.807, 2.05) is 17.5 Å². The highest BCUT2D eigenvalue weighted by Gasteiger charge is 2.24. The highest BCUT2D eigenvalue weighted by atomic mass is 32.1. The summed E-state index contributed by atoms with van der Waals surface area (Å²) in [6.45, 7) is 1.32. The summed E-state index contributed by atoms with van der Waals surface area (Å²) in [6, 6.07) is 3.73. The predicted octanol–water partition coefficient (Wildman–Crippen LogP) is 2.82. The Labute approximate surface area is 173 Å². The van der Waals surface area contributed by atoms with Crippen molar-refractivity contribution in [2.45, 2.75) is 6.92 Å². The predicted molar refractivity (Wildman–Crippen MR) is 109 cm³/mol. The third-order valence-electron chi connectivity index (χ3n) is 3.56. The van der Waals surface area contributed by atoms with Crippen LogP contribution < -0.4 is 11.1 Å². The number of ether oxygens (including phenoxy) is 2. The molecule has 0 atom stereocenters. The molecule has 1 amide bonds. The van der Waals surface area contributed by atoms with Gasteiger partial charge in [0.15, 0.2) is 18.1 Å². The Bertz CT molecular complexity index is 1030. The molecule has 0 saturated heterocycles. The molecular formula is C18H16N4O5S2. The summed E-state index contributed by atoms with van der Waals surface area (Å²) < 4.78 is 10.0. The second kappa shape index (κ2) is 9.26. The second-order valence-electron chi connectivity index (χ2n) is 5.47. The van der Waals surface area contributed by atoms with Gasteiger partial charge in [0.1, 0.15) is 10.6 Å². The Hall–Kier alpha value is -3.31. The molecule has 0 saturated carbocycles. The third kappa shape index (κ3) is 4.76. The number of nitrogens with one attached hydrogen (secondary N) is 1. The molecular weight excluding hydrogens is 416 g/mol. The SMILES string of the molecule is CCOC(=O)c1c(-c2cccs2)csc1NC(=O)COC(=O)c1nccnc1N. The summed E-state index contributed by atoms with van der Waals surface area (Å²) in [7, 11) is 0. The Kier molecular flexibility index (Phi) is 6.52. The molecule has 0 bridgehead atoms. The van der Waals surface area contributed by atoms with E-state index in [-0.39, 0.29) is 23.7 Å². The third-order valence-corrected chi connectivity index (χ3v) is 5.36. The molecule has 0 unspecified atom stereocenters. The summed E-state index contributed by atoms with van der Waals surface area (Å²) >= 11 is 2.64. The molecule has 0 aliphatic rings. The van der Waals surface area contributed by atoms with Crippen molar-refractivity contribution in [2.24, 2.45) is 0 Å². The lowest BCUT2D eigenvalue weighted by atomic mass is 10.1. The van der Waals surface area contributed by atoms with Crippen molar-refractivity contribution < 1.29 is 23.9 Å². The zero-order valence-electron chi connectivity index (χ0n) is 15.2. The summed E-state index contributed by atoms with van der Waals surface area (Å²) in [5, 5.41) is 6.56. The topological polar surface area (TPSA) is 134 Å². The highest BCUT2D eigenvalue weighted by molar-refractivity contribution is 7.17. The minimum atomic E-state index is -0.873. The maximum absolute atomic E-state index is 12.4. The van der Waals surface area contributed by atoms with Crippen LogP contribution in [0.4, 0.5) is 10.8 Å². The van der Waals surface area contributed by atoms with Crippen LogP contribution in [0.15, 0.2) is 35.3 Å². The van der Waals surface area contributed by atoms with Gasteiger partial charge in [0.25, 0.3) is 5.91 Å². The zero-order valence-corrected chi connectivity index (χ0v) is 16.8. The highest BCUT2D eigenvalue weighted by Crippen LogP contribution is 2.38. The molecule has 0 aromatic carbocycles. The number of rotatable bonds is 7. The van der Waals surface area contributed by atoms with Crippen molar-refractivity contribution in [3.05, 3.63) is 46.5 Å². The van der Waals surface area contributed by atoms with E-state index in [1.165, 1.54) is 35.1 Å². The van der Waals surface area contributed by atoms with Crippen LogP contribution in [0.3, 0.4) is 0 Å². The molecule has 3 aromatic heterocycles. The number of hydrogen-bond acceptors (Lipinski definition) is 10. The van der Waals surface area contributed by atoms with Gasteiger partial charge >= 0.3 is 11.9 Å². The van der Waals surface area contributed by atoms with Crippen LogP contribution in [0, 0.1) is 0 Å². The van der Waals surface area contributed by atoms with E-state index >= 15 is 0 Å². The van der Waals surface area contributed by atoms with Gasteiger partial charge in [-0.1, -0.05) is 6.07 Å². The number of carbonyl (C=O) groups excluding carboxylic acids is 3. The van der Waals surface area contributed by atoms with Gasteiger partial charge in [-0.3, -0.25) is 4.79 Å². The van der Waals surface area contributed by atoms with Crippen molar-refractivity contribution in [3.63, 3.8) is 0 Å². The molecule has 3 heterocycles. The number of hydrogen-bond donors (Lipinski definition) is 2. The number of amides is 1. The molecule has 11 heteroatoms. The lowest BCUT2D eigenvalue weighted by Gasteiger charge is -2.09. The van der Waals surface area contributed by atoms with Crippen molar-refractivity contribution in [1.82, 2.24) is 9.97 Å². The molecule has 0 fully saturated rings. The van der Waals surface area contributed by atoms with Gasteiger partial charge in [0.2, 0.25) is 0 Å². The van der Waals surface area contributed by atoms with Crippen molar-refractivity contribution in [1.29, 1.82) is 0 Å². The molecule has 3 N–H and O–H groups in total. The van der Waals surface area contributed by atoms with E-state index in [4.69, 9.17) is 15.2 Å². The van der Waals surface area contributed by atoms with Gasteiger partial charge in [-0.05, 0) is 18.4 Å². The number of thiophene rings is 2. The fraction of sp³-hybridized carbons (Fsp3) is 0.167. The Morgan fingerprint density at radius 2 is 1.93 bits per heavy atom. The molecule has 0 radical (unpaired) electrons. The van der Waals surface area contributed by atoms with Gasteiger partial charge in [-0.25, -0.2) is 19.6 Å². The van der Waals surface area contributed by atoms with Gasteiger partial charge in [0.05, 0.1) is 6.61 Å². The molecule has 0 spiro atoms. The molecule has 29 heavy (non-hydrogen) atoms. The minimum absolute atomic E-state index is 0.0960. The molecule has 3 rings (SSSR count). The normalized spacial score (nSPS) is 10.4. The van der Waals surface area contributed by atoms with Crippen LogP contribution in [0.25, 0.3) is 10.4 Å². The summed E-state index contributed by atoms with van der Waals surface area (Å²) in [5.41, 5.74) is 6.31. The number of esters is 2. The first-order valence-corrected chi connectivity index (χ1v) is 10.1. The van der Waals surface area contributed by atoms with Gasteiger partial charge in [0, 0.05) is 28.2 Å². The van der Waals surface area contributed by atoms with Crippen LogP contribution in [0.5, 0.6) is 0 Å². The smallest absolute Gasteiger partial charge is 0.361 e. The van der Waals surface area contributed by atoms with Crippen LogP contribution in [0.1, 0.15) is 27.8 Å². The molecule has 3 aromatic rings. The fourth-order valence-electron chi connectivity index (χ4n) is 2.34. The number of nitrogens with zero attached hydrogens (tertiary/aromatic N) is 2. The van der Waals surface area contributed by atoms with Crippen molar-refractivity contribution in [2.75, 3.05) is 24.3 Å². The quantitative estimate of drug-likeness (QED) is 0.545. The Morgan fingerprint density at radius 1 is 1.14 bits per heavy atom. The Balaban J connectivity index is 1.72. The number of carbonyl (C=O) groups is 3. The van der Waals surface area contributed by atoms with Crippen LogP contribution in [-0.4, -0.2) is 41.0 Å². The molecule has 150 valence electrons. The van der Waals surface area contributed by atoms with Crippen LogP contribution in [0.2, 0.25) is 0 Å². The fourth-order valence-corrected chi connectivity index (χ4v) is 4.13. The first-order valence-electron chi connectivity index (χ1n) is 8.37. The summed E-state index contributed by atoms with van der Waals surface area (Å²) in [5.74, 6) is -2.13. The average molecular weight is 432 g/mol. The van der Waals surface area contributed by atoms with Crippen LogP contribution >= 0.6 is 22.7 Å². The summed E-state index contributed by atoms with van der Waals surface area (Å²) in [6.07, 6.45) is 2.62.